The van der Waals surface area contributed by atoms with Crippen molar-refractivity contribution in [2.24, 2.45) is 0 Å². The maximum absolute atomic E-state index is 10.2. The van der Waals surface area contributed by atoms with Crippen molar-refractivity contribution in [3.63, 3.8) is 0 Å². The van der Waals surface area contributed by atoms with Gasteiger partial charge in [0.2, 0.25) is 0 Å². The van der Waals surface area contributed by atoms with Crippen molar-refractivity contribution < 1.29 is 4.42 Å². The summed E-state index contributed by atoms with van der Waals surface area (Å²) in [6.45, 7) is 0. The van der Waals surface area contributed by atoms with Crippen molar-refractivity contribution in [2.45, 2.75) is 0 Å². The van der Waals surface area contributed by atoms with E-state index in [2.05, 4.69) is 143 Å². The lowest BCUT2D eigenvalue weighted by Crippen LogP contribution is -1.97. The van der Waals surface area contributed by atoms with E-state index in [0.29, 0.717) is 5.56 Å². The molecule has 0 aliphatic rings. The lowest BCUT2D eigenvalue weighted by atomic mass is 10.0. The SMILES string of the molecule is N#Cc1cc(-c2ccc(-n3c4ccccc4c4ccccc43)cc2)cc(-n2c3ccccc3c3ccc4oc5ccccc5c4c32)c1. The summed E-state index contributed by atoms with van der Waals surface area (Å²) in [7, 11) is 0. The molecule has 3 aromatic heterocycles. The number of furan rings is 1. The summed E-state index contributed by atoms with van der Waals surface area (Å²) in [4.78, 5) is 0. The number of para-hydroxylation sites is 4. The van der Waals surface area contributed by atoms with Gasteiger partial charge in [-0.15, -0.1) is 0 Å². The molecule has 4 heteroatoms. The Labute approximate surface area is 269 Å². The Hall–Kier alpha value is -6.57. The molecule has 0 spiro atoms. The third-order valence-corrected chi connectivity index (χ3v) is 9.52. The molecule has 0 N–H and O–H groups in total. The van der Waals surface area contributed by atoms with Crippen LogP contribution in [-0.4, -0.2) is 9.13 Å². The van der Waals surface area contributed by atoms with Crippen molar-refractivity contribution >= 4 is 65.6 Å². The molecule has 3 heterocycles. The second kappa shape index (κ2) is 9.71. The van der Waals surface area contributed by atoms with Crippen LogP contribution in [0.3, 0.4) is 0 Å². The Morgan fingerprint density at radius 1 is 0.447 bits per heavy atom. The molecule has 4 nitrogen and oxygen atoms in total. The first-order chi connectivity index (χ1) is 23.3. The molecule has 0 aliphatic carbocycles. The number of rotatable bonds is 3. The van der Waals surface area contributed by atoms with Gasteiger partial charge in [-0.2, -0.15) is 5.26 Å². The first kappa shape index (κ1) is 25.7. The van der Waals surface area contributed by atoms with Gasteiger partial charge in [0.05, 0.1) is 39.1 Å². The summed E-state index contributed by atoms with van der Waals surface area (Å²) in [6, 6.07) is 55.3. The second-order valence-corrected chi connectivity index (χ2v) is 12.1. The van der Waals surface area contributed by atoms with Crippen molar-refractivity contribution in [3.8, 4) is 28.6 Å². The zero-order chi connectivity index (χ0) is 31.1. The van der Waals surface area contributed by atoms with Gasteiger partial charge in [-0.05, 0) is 77.9 Å². The number of benzene rings is 7. The molecule has 0 saturated heterocycles. The van der Waals surface area contributed by atoms with E-state index in [1.807, 2.05) is 24.3 Å². The van der Waals surface area contributed by atoms with Gasteiger partial charge in [-0.3, -0.25) is 0 Å². The van der Waals surface area contributed by atoms with Crippen LogP contribution in [0.5, 0.6) is 0 Å². The van der Waals surface area contributed by atoms with Crippen molar-refractivity contribution in [3.05, 3.63) is 157 Å². The lowest BCUT2D eigenvalue weighted by Gasteiger charge is -2.13. The molecule has 0 saturated carbocycles. The normalized spacial score (nSPS) is 11.8. The summed E-state index contributed by atoms with van der Waals surface area (Å²) in [6.07, 6.45) is 0. The smallest absolute Gasteiger partial charge is 0.137 e. The number of hydrogen-bond acceptors (Lipinski definition) is 2. The average molecular weight is 600 g/mol. The van der Waals surface area contributed by atoms with Gasteiger partial charge in [0.15, 0.2) is 0 Å². The van der Waals surface area contributed by atoms with Crippen LogP contribution in [0.2, 0.25) is 0 Å². The monoisotopic (exact) mass is 599 g/mol. The van der Waals surface area contributed by atoms with Crippen LogP contribution in [0.4, 0.5) is 0 Å². The third-order valence-electron chi connectivity index (χ3n) is 9.52. The zero-order valence-corrected chi connectivity index (χ0v) is 25.2. The van der Waals surface area contributed by atoms with E-state index in [-0.39, 0.29) is 0 Å². The minimum Gasteiger partial charge on any atom is -0.456 e. The molecule has 0 atom stereocenters. The first-order valence-corrected chi connectivity index (χ1v) is 15.7. The van der Waals surface area contributed by atoms with Crippen molar-refractivity contribution in [1.29, 1.82) is 5.26 Å². The van der Waals surface area contributed by atoms with Crippen LogP contribution in [0.1, 0.15) is 5.56 Å². The Bertz CT molecular complexity index is 2860. The molecular weight excluding hydrogens is 574 g/mol. The summed E-state index contributed by atoms with van der Waals surface area (Å²) in [5, 5.41) is 17.2. The van der Waals surface area contributed by atoms with E-state index in [1.54, 1.807) is 0 Å². The molecule has 10 aromatic rings. The molecule has 0 amide bonds. The van der Waals surface area contributed by atoms with Crippen molar-refractivity contribution in [1.82, 2.24) is 9.13 Å². The third kappa shape index (κ3) is 3.69. The highest BCUT2D eigenvalue weighted by molar-refractivity contribution is 6.24. The van der Waals surface area contributed by atoms with Crippen LogP contribution in [-0.2, 0) is 0 Å². The van der Waals surface area contributed by atoms with Crippen LogP contribution < -0.4 is 0 Å². The summed E-state index contributed by atoms with van der Waals surface area (Å²) in [5.41, 5.74) is 10.9. The van der Waals surface area contributed by atoms with E-state index in [0.717, 1.165) is 66.2 Å². The predicted molar refractivity (Wildman–Crippen MR) is 193 cm³/mol. The van der Waals surface area contributed by atoms with Crippen LogP contribution in [0.25, 0.3) is 88.1 Å². The van der Waals surface area contributed by atoms with Crippen LogP contribution >= 0.6 is 0 Å². The molecule has 0 bridgehead atoms. The summed E-state index contributed by atoms with van der Waals surface area (Å²) >= 11 is 0. The number of hydrogen-bond donors (Lipinski definition) is 0. The molecule has 0 unspecified atom stereocenters. The van der Waals surface area contributed by atoms with E-state index in [1.165, 1.54) is 21.8 Å². The standard InChI is InChI=1S/C43H25N3O/c44-26-27-23-29(28-17-19-30(20-18-28)45-37-13-5-1-9-32(37)33-10-2-6-14-38(33)45)25-31(24-27)46-39-15-7-3-11-34(39)35-21-22-41-42(43(35)46)36-12-4-8-16-40(36)47-41/h1-25H. The molecule has 10 rings (SSSR count). The van der Waals surface area contributed by atoms with Crippen LogP contribution in [0.15, 0.2) is 156 Å². The molecule has 0 aliphatic heterocycles. The van der Waals surface area contributed by atoms with Crippen molar-refractivity contribution in [2.75, 3.05) is 0 Å². The molecule has 218 valence electrons. The fourth-order valence-electron chi connectivity index (χ4n) is 7.51. The quantitative estimate of drug-likeness (QED) is 0.203. The van der Waals surface area contributed by atoms with Gasteiger partial charge >= 0.3 is 0 Å². The topological polar surface area (TPSA) is 46.8 Å². The van der Waals surface area contributed by atoms with Gasteiger partial charge < -0.3 is 13.6 Å². The molecule has 47 heavy (non-hydrogen) atoms. The van der Waals surface area contributed by atoms with E-state index in [4.69, 9.17) is 4.42 Å². The summed E-state index contributed by atoms with van der Waals surface area (Å²) in [5.74, 6) is 0. The number of aromatic nitrogens is 2. The Morgan fingerprint density at radius 2 is 1.04 bits per heavy atom. The zero-order valence-electron chi connectivity index (χ0n) is 25.2. The second-order valence-electron chi connectivity index (χ2n) is 12.1. The average Bonchev–Trinajstić information content (AvgIpc) is 3.79. The molecule has 7 aromatic carbocycles. The van der Waals surface area contributed by atoms with Gasteiger partial charge in [0, 0.05) is 38.3 Å². The van der Waals surface area contributed by atoms with Gasteiger partial charge in [-0.1, -0.05) is 84.9 Å². The highest BCUT2D eigenvalue weighted by Crippen LogP contribution is 2.41. The Morgan fingerprint density at radius 3 is 1.72 bits per heavy atom. The summed E-state index contributed by atoms with van der Waals surface area (Å²) < 4.78 is 10.9. The maximum atomic E-state index is 10.2. The number of fused-ring (bicyclic) bond motifs is 10. The van der Waals surface area contributed by atoms with Gasteiger partial charge in [-0.25, -0.2) is 0 Å². The largest absolute Gasteiger partial charge is 0.456 e. The molecule has 0 fully saturated rings. The van der Waals surface area contributed by atoms with E-state index < -0.39 is 0 Å². The Balaban J connectivity index is 1.19. The van der Waals surface area contributed by atoms with E-state index >= 15 is 0 Å². The van der Waals surface area contributed by atoms with Gasteiger partial charge in [0.25, 0.3) is 0 Å². The fourth-order valence-corrected chi connectivity index (χ4v) is 7.51. The predicted octanol–water partition coefficient (Wildman–Crippen LogP) is 11.3. The molecule has 0 radical (unpaired) electrons. The highest BCUT2D eigenvalue weighted by atomic mass is 16.3. The fraction of sp³-hybridized carbons (Fsp3) is 0. The van der Waals surface area contributed by atoms with Gasteiger partial charge in [0.1, 0.15) is 11.2 Å². The maximum Gasteiger partial charge on any atom is 0.137 e. The van der Waals surface area contributed by atoms with Crippen LogP contribution in [0, 0.1) is 11.3 Å². The minimum atomic E-state index is 0.610. The minimum absolute atomic E-state index is 0.610. The number of nitrogens with zero attached hydrogens (tertiary/aromatic N) is 3. The van der Waals surface area contributed by atoms with E-state index in [9.17, 15) is 5.26 Å². The highest BCUT2D eigenvalue weighted by Gasteiger charge is 2.20. The first-order valence-electron chi connectivity index (χ1n) is 15.7. The number of nitriles is 1. The molecular formula is C43H25N3O. The Kier molecular flexibility index (Phi) is 5.32. The lowest BCUT2D eigenvalue weighted by molar-refractivity contribution is 0.669.